The Kier molecular flexibility index (Phi) is 5.46. The molecule has 0 aromatic heterocycles. The van der Waals surface area contributed by atoms with Crippen LogP contribution in [0.5, 0.6) is 0 Å². The highest BCUT2D eigenvalue weighted by molar-refractivity contribution is 5.68. The molecule has 1 N–H and O–H groups in total. The lowest BCUT2D eigenvalue weighted by Crippen LogP contribution is -2.60. The Morgan fingerprint density at radius 1 is 0.900 bits per heavy atom. The van der Waals surface area contributed by atoms with Crippen LogP contribution < -0.4 is 0 Å². The first-order valence-electron chi connectivity index (χ1n) is 6.07. The first-order valence-corrected chi connectivity index (χ1v) is 6.07. The van der Waals surface area contributed by atoms with Crippen molar-refractivity contribution in [2.45, 2.75) is 58.4 Å². The molecule has 0 saturated carbocycles. The molecule has 0 amide bonds. The number of aliphatic hydroxyl groups excluding tert-OH is 1. The van der Waals surface area contributed by atoms with E-state index >= 15 is 0 Å². The van der Waals surface area contributed by atoms with Crippen LogP contribution in [-0.4, -0.2) is 53.7 Å². The van der Waals surface area contributed by atoms with E-state index in [0.29, 0.717) is 0 Å². The van der Waals surface area contributed by atoms with Gasteiger partial charge in [0.1, 0.15) is 6.10 Å². The molecular weight excluding hydrogens is 272 g/mol. The lowest BCUT2D eigenvalue weighted by molar-refractivity contribution is -0.290. The number of hydrogen-bond acceptors (Lipinski definition) is 8. The largest absolute Gasteiger partial charge is 0.455 e. The van der Waals surface area contributed by atoms with Gasteiger partial charge in [-0.1, -0.05) is 0 Å². The molecule has 0 aromatic rings. The summed E-state index contributed by atoms with van der Waals surface area (Å²) < 4.78 is 20.1. The van der Waals surface area contributed by atoms with Crippen LogP contribution in [0, 0.1) is 0 Å². The first-order chi connectivity index (χ1) is 9.22. The fourth-order valence-electron chi connectivity index (χ4n) is 1.89. The van der Waals surface area contributed by atoms with Gasteiger partial charge in [-0.25, -0.2) is 0 Å². The van der Waals surface area contributed by atoms with Gasteiger partial charge in [-0.3, -0.25) is 14.4 Å². The Hall–Kier alpha value is -1.67. The summed E-state index contributed by atoms with van der Waals surface area (Å²) in [5.74, 6) is -2.01. The topological polar surface area (TPSA) is 108 Å². The molecule has 0 radical (unpaired) electrons. The third-order valence-corrected chi connectivity index (χ3v) is 2.64. The minimum atomic E-state index is -1.25. The van der Waals surface area contributed by atoms with Crippen molar-refractivity contribution in [2.75, 3.05) is 0 Å². The summed E-state index contributed by atoms with van der Waals surface area (Å²) in [5.41, 5.74) is 0. The maximum absolute atomic E-state index is 11.1. The van der Waals surface area contributed by atoms with Crippen molar-refractivity contribution in [3.05, 3.63) is 0 Å². The van der Waals surface area contributed by atoms with E-state index in [9.17, 15) is 19.5 Å². The van der Waals surface area contributed by atoms with E-state index in [2.05, 4.69) is 0 Å². The third-order valence-electron chi connectivity index (χ3n) is 2.64. The summed E-state index contributed by atoms with van der Waals surface area (Å²) in [7, 11) is 0. The second kappa shape index (κ2) is 6.67. The lowest BCUT2D eigenvalue weighted by atomic mass is 9.99. The van der Waals surface area contributed by atoms with Crippen LogP contribution in [0.2, 0.25) is 0 Å². The average molecular weight is 290 g/mol. The first kappa shape index (κ1) is 16.4. The highest BCUT2D eigenvalue weighted by atomic mass is 16.7. The molecule has 0 unspecified atom stereocenters. The molecule has 0 aromatic carbocycles. The highest BCUT2D eigenvalue weighted by Gasteiger charge is 2.49. The van der Waals surface area contributed by atoms with Crippen molar-refractivity contribution >= 4 is 17.9 Å². The number of rotatable bonds is 3. The number of esters is 3. The van der Waals surface area contributed by atoms with Gasteiger partial charge in [0, 0.05) is 20.8 Å². The highest BCUT2D eigenvalue weighted by Crippen LogP contribution is 2.27. The normalized spacial score (nSPS) is 33.1. The van der Waals surface area contributed by atoms with Gasteiger partial charge in [-0.15, -0.1) is 0 Å². The molecule has 114 valence electrons. The standard InChI is InChI=1S/C12H18O8/c1-5-9(16)10(18-6(2)13)11(19-7(3)14)12(17-5)20-8(4)15/h5,9-12,16H,1-4H3/t5-,9-,10+,11+,12-/m0/s1. The summed E-state index contributed by atoms with van der Waals surface area (Å²) in [6, 6.07) is 0. The molecule has 5 atom stereocenters. The van der Waals surface area contributed by atoms with Crippen LogP contribution in [0.15, 0.2) is 0 Å². The van der Waals surface area contributed by atoms with Gasteiger partial charge >= 0.3 is 17.9 Å². The SMILES string of the molecule is CC(=O)O[C@@H]1O[C@@H](C)[C@H](O)[C@@H](OC(C)=O)[C@H]1OC(C)=O. The molecule has 0 bridgehead atoms. The van der Waals surface area contributed by atoms with Crippen LogP contribution >= 0.6 is 0 Å². The molecule has 1 aliphatic heterocycles. The molecule has 0 aliphatic carbocycles. The Morgan fingerprint density at radius 2 is 1.35 bits per heavy atom. The maximum Gasteiger partial charge on any atom is 0.305 e. The molecular formula is C12H18O8. The molecule has 1 heterocycles. The summed E-state index contributed by atoms with van der Waals surface area (Å²) in [6.45, 7) is 4.96. The van der Waals surface area contributed by atoms with E-state index in [1.54, 1.807) is 0 Å². The van der Waals surface area contributed by atoms with Gasteiger partial charge in [0.2, 0.25) is 12.4 Å². The molecule has 8 nitrogen and oxygen atoms in total. The van der Waals surface area contributed by atoms with Gasteiger partial charge < -0.3 is 24.1 Å². The Labute approximate surface area is 115 Å². The smallest absolute Gasteiger partial charge is 0.305 e. The Bertz CT molecular complexity index is 393. The molecule has 1 fully saturated rings. The summed E-state index contributed by atoms with van der Waals surface area (Å²) in [5, 5.41) is 9.99. The Balaban J connectivity index is 3.00. The summed E-state index contributed by atoms with van der Waals surface area (Å²) in [6.07, 6.45) is -5.64. The van der Waals surface area contributed by atoms with E-state index in [0.717, 1.165) is 20.8 Å². The Morgan fingerprint density at radius 3 is 1.80 bits per heavy atom. The van der Waals surface area contributed by atoms with E-state index in [1.807, 2.05) is 0 Å². The van der Waals surface area contributed by atoms with Crippen molar-refractivity contribution in [3.63, 3.8) is 0 Å². The van der Waals surface area contributed by atoms with Crippen LogP contribution in [-0.2, 0) is 33.3 Å². The van der Waals surface area contributed by atoms with Gasteiger partial charge in [0.25, 0.3) is 0 Å². The van der Waals surface area contributed by atoms with Crippen molar-refractivity contribution in [3.8, 4) is 0 Å². The quantitative estimate of drug-likeness (QED) is 0.548. The number of carbonyl (C=O) groups is 3. The molecule has 1 rings (SSSR count). The molecule has 8 heteroatoms. The molecule has 1 aliphatic rings. The van der Waals surface area contributed by atoms with Gasteiger partial charge in [0.15, 0.2) is 6.10 Å². The van der Waals surface area contributed by atoms with Gasteiger partial charge in [-0.2, -0.15) is 0 Å². The van der Waals surface area contributed by atoms with Crippen molar-refractivity contribution in [1.29, 1.82) is 0 Å². The molecule has 1 saturated heterocycles. The zero-order valence-electron chi connectivity index (χ0n) is 11.7. The minimum absolute atomic E-state index is 0.655. The van der Waals surface area contributed by atoms with Crippen molar-refractivity contribution < 1.29 is 38.4 Å². The fraction of sp³-hybridized carbons (Fsp3) is 0.750. The van der Waals surface area contributed by atoms with E-state index in [1.165, 1.54) is 6.92 Å². The summed E-state index contributed by atoms with van der Waals surface area (Å²) in [4.78, 5) is 33.3. The summed E-state index contributed by atoms with van der Waals surface area (Å²) >= 11 is 0. The van der Waals surface area contributed by atoms with Crippen LogP contribution in [0.25, 0.3) is 0 Å². The monoisotopic (exact) mass is 290 g/mol. The predicted molar refractivity (Wildman–Crippen MR) is 63.2 cm³/mol. The molecule has 0 spiro atoms. The van der Waals surface area contributed by atoms with Crippen molar-refractivity contribution in [2.24, 2.45) is 0 Å². The number of hydrogen-bond donors (Lipinski definition) is 1. The second-order valence-corrected chi connectivity index (χ2v) is 4.46. The van der Waals surface area contributed by atoms with E-state index in [4.69, 9.17) is 18.9 Å². The molecule has 20 heavy (non-hydrogen) atoms. The zero-order valence-corrected chi connectivity index (χ0v) is 11.7. The number of aliphatic hydroxyl groups is 1. The second-order valence-electron chi connectivity index (χ2n) is 4.46. The van der Waals surface area contributed by atoms with Gasteiger partial charge in [0.05, 0.1) is 6.10 Å². The van der Waals surface area contributed by atoms with Crippen LogP contribution in [0.1, 0.15) is 27.7 Å². The van der Waals surface area contributed by atoms with E-state index < -0.39 is 48.6 Å². The minimum Gasteiger partial charge on any atom is -0.455 e. The zero-order chi connectivity index (χ0) is 15.4. The average Bonchev–Trinajstić information content (AvgIpc) is 2.28. The fourth-order valence-corrected chi connectivity index (χ4v) is 1.89. The lowest BCUT2D eigenvalue weighted by Gasteiger charge is -2.41. The van der Waals surface area contributed by atoms with Crippen LogP contribution in [0.4, 0.5) is 0 Å². The van der Waals surface area contributed by atoms with Gasteiger partial charge in [-0.05, 0) is 6.92 Å². The van der Waals surface area contributed by atoms with Crippen molar-refractivity contribution in [1.82, 2.24) is 0 Å². The third kappa shape index (κ3) is 4.17. The maximum atomic E-state index is 11.1. The number of ether oxygens (including phenoxy) is 4. The number of carbonyl (C=O) groups excluding carboxylic acids is 3. The van der Waals surface area contributed by atoms with E-state index in [-0.39, 0.29) is 0 Å². The predicted octanol–water partition coefficient (Wildman–Crippen LogP) is -0.481. The van der Waals surface area contributed by atoms with Crippen LogP contribution in [0.3, 0.4) is 0 Å².